The van der Waals surface area contributed by atoms with Crippen molar-refractivity contribution in [3.05, 3.63) is 83.9 Å². The number of hydrogen-bond donors (Lipinski definition) is 1. The van der Waals surface area contributed by atoms with Crippen LogP contribution in [0.4, 0.5) is 18.9 Å². The van der Waals surface area contributed by atoms with Gasteiger partial charge in [-0.1, -0.05) is 30.3 Å². The Bertz CT molecular complexity index is 1780. The zero-order chi connectivity index (χ0) is 30.1. The third-order valence-corrected chi connectivity index (χ3v) is 6.98. The van der Waals surface area contributed by atoms with Crippen molar-refractivity contribution in [3.63, 3.8) is 0 Å². The van der Waals surface area contributed by atoms with E-state index in [1.807, 2.05) is 30.3 Å². The zero-order valence-electron chi connectivity index (χ0n) is 22.7. The summed E-state index contributed by atoms with van der Waals surface area (Å²) < 4.78 is 43.6. The number of carbonyl (C=O) groups is 2. The summed E-state index contributed by atoms with van der Waals surface area (Å²) in [6.07, 6.45) is -3.55. The van der Waals surface area contributed by atoms with Gasteiger partial charge in [0, 0.05) is 43.6 Å². The van der Waals surface area contributed by atoms with Crippen molar-refractivity contribution in [1.29, 1.82) is 0 Å². The van der Waals surface area contributed by atoms with Crippen LogP contribution in [-0.4, -0.2) is 84.1 Å². The number of benzene rings is 2. The van der Waals surface area contributed by atoms with Crippen LogP contribution in [0.2, 0.25) is 0 Å². The average Bonchev–Trinajstić information content (AvgIpc) is 3.63. The van der Waals surface area contributed by atoms with Crippen molar-refractivity contribution in [1.82, 2.24) is 40.0 Å². The van der Waals surface area contributed by atoms with E-state index in [-0.39, 0.29) is 34.7 Å². The Morgan fingerprint density at radius 1 is 1.00 bits per heavy atom. The van der Waals surface area contributed by atoms with Gasteiger partial charge in [-0.3, -0.25) is 19.5 Å². The highest BCUT2D eigenvalue weighted by Crippen LogP contribution is 2.29. The van der Waals surface area contributed by atoms with E-state index in [1.54, 1.807) is 29.4 Å². The van der Waals surface area contributed by atoms with Crippen LogP contribution in [-0.2, 0) is 11.8 Å². The second kappa shape index (κ2) is 11.2. The predicted octanol–water partition coefficient (Wildman–Crippen LogP) is 3.46. The summed E-state index contributed by atoms with van der Waals surface area (Å²) in [5, 5.41) is 14.5. The Morgan fingerprint density at radius 3 is 2.47 bits per heavy atom. The van der Waals surface area contributed by atoms with Crippen LogP contribution in [0.5, 0.6) is 0 Å². The lowest BCUT2D eigenvalue weighted by molar-refractivity contribution is -0.167. The SMILES string of the molecule is Cn1nnc(C(c2ccccc2)N2CCN(C(=O)c3cc(-c4nc5cc(NC(=O)C(F)(F)F)ccc5o4)ccn3)CC2)n1. The van der Waals surface area contributed by atoms with Crippen LogP contribution in [0.3, 0.4) is 0 Å². The predicted molar refractivity (Wildman–Crippen MR) is 146 cm³/mol. The second-order valence-electron chi connectivity index (χ2n) is 9.86. The average molecular weight is 592 g/mol. The second-order valence-corrected chi connectivity index (χ2v) is 9.86. The van der Waals surface area contributed by atoms with Gasteiger partial charge in [-0.2, -0.15) is 18.0 Å². The molecule has 6 rings (SSSR count). The molecule has 2 aromatic carbocycles. The minimum absolute atomic E-state index is 0.0796. The number of anilines is 1. The van der Waals surface area contributed by atoms with Gasteiger partial charge >= 0.3 is 12.1 Å². The first-order valence-electron chi connectivity index (χ1n) is 13.2. The number of halogens is 3. The maximum Gasteiger partial charge on any atom is 0.471 e. The van der Waals surface area contributed by atoms with E-state index in [0.717, 1.165) is 5.56 Å². The third kappa shape index (κ3) is 5.92. The van der Waals surface area contributed by atoms with E-state index < -0.39 is 12.1 Å². The van der Waals surface area contributed by atoms with E-state index in [0.29, 0.717) is 43.1 Å². The molecule has 43 heavy (non-hydrogen) atoms. The smallest absolute Gasteiger partial charge is 0.436 e. The van der Waals surface area contributed by atoms with Gasteiger partial charge in [0.25, 0.3) is 5.91 Å². The molecule has 15 heteroatoms. The van der Waals surface area contributed by atoms with E-state index in [2.05, 4.69) is 30.3 Å². The number of hydrogen-bond acceptors (Lipinski definition) is 9. The number of rotatable bonds is 6. The number of aromatic nitrogens is 6. The first kappa shape index (κ1) is 28.0. The molecule has 0 radical (unpaired) electrons. The molecule has 2 amide bonds. The fourth-order valence-electron chi connectivity index (χ4n) is 4.92. The summed E-state index contributed by atoms with van der Waals surface area (Å²) in [5.74, 6) is -1.62. The number of pyridine rings is 1. The van der Waals surface area contributed by atoms with Crippen LogP contribution in [0.1, 0.15) is 27.9 Å². The number of amides is 2. The van der Waals surface area contributed by atoms with Crippen LogP contribution in [0, 0.1) is 0 Å². The standard InChI is InChI=1S/C28H24F3N9O3/c1-38-36-24(35-37-38)23(17-5-3-2-4-6-17)39-11-13-40(14-12-39)26(41)21-15-18(9-10-32-21)25-34-20-16-19(7-8-22(20)43-25)33-27(42)28(29,30)31/h2-10,15-16,23H,11-14H2,1H3,(H,33,42). The number of alkyl halides is 3. The van der Waals surface area contributed by atoms with Gasteiger partial charge in [-0.05, 0) is 41.1 Å². The van der Waals surface area contributed by atoms with Gasteiger partial charge in [0.2, 0.25) is 5.89 Å². The highest BCUT2D eigenvalue weighted by Gasteiger charge is 2.38. The molecule has 1 unspecified atom stereocenters. The first-order chi connectivity index (χ1) is 20.7. The lowest BCUT2D eigenvalue weighted by Gasteiger charge is -2.38. The number of nitrogens with zero attached hydrogens (tertiary/aromatic N) is 8. The summed E-state index contributed by atoms with van der Waals surface area (Å²) in [5.41, 5.74) is 2.14. The summed E-state index contributed by atoms with van der Waals surface area (Å²) in [4.78, 5) is 38.7. The number of fused-ring (bicyclic) bond motifs is 1. The molecule has 1 N–H and O–H groups in total. The number of nitrogens with one attached hydrogen (secondary N) is 1. The maximum absolute atomic E-state index is 13.4. The number of aryl methyl sites for hydroxylation is 1. The summed E-state index contributed by atoms with van der Waals surface area (Å²) in [6.45, 7) is 2.04. The molecule has 1 atom stereocenters. The monoisotopic (exact) mass is 591 g/mol. The molecule has 1 aliphatic heterocycles. The largest absolute Gasteiger partial charge is 0.471 e. The van der Waals surface area contributed by atoms with Crippen molar-refractivity contribution in [2.24, 2.45) is 7.05 Å². The van der Waals surface area contributed by atoms with E-state index >= 15 is 0 Å². The van der Waals surface area contributed by atoms with Crippen molar-refractivity contribution in [2.45, 2.75) is 12.2 Å². The fraction of sp³-hybridized carbons (Fsp3) is 0.250. The minimum Gasteiger partial charge on any atom is -0.436 e. The number of carbonyl (C=O) groups excluding carboxylic acids is 2. The Hall–Kier alpha value is -5.18. The van der Waals surface area contributed by atoms with Crippen LogP contribution in [0.25, 0.3) is 22.6 Å². The molecule has 1 saturated heterocycles. The molecular formula is C28H24F3N9O3. The molecular weight excluding hydrogens is 567 g/mol. The van der Waals surface area contributed by atoms with Crippen molar-refractivity contribution in [3.8, 4) is 11.5 Å². The van der Waals surface area contributed by atoms with Gasteiger partial charge in [0.15, 0.2) is 11.4 Å². The maximum atomic E-state index is 13.4. The van der Waals surface area contributed by atoms with Gasteiger partial charge in [-0.15, -0.1) is 10.2 Å². The molecule has 0 aliphatic carbocycles. The van der Waals surface area contributed by atoms with E-state index in [1.165, 1.54) is 29.2 Å². The van der Waals surface area contributed by atoms with Gasteiger partial charge in [0.1, 0.15) is 11.2 Å². The van der Waals surface area contributed by atoms with E-state index in [9.17, 15) is 22.8 Å². The number of piperazine rings is 1. The molecule has 3 aromatic heterocycles. The molecule has 12 nitrogen and oxygen atoms in total. The number of oxazole rings is 1. The van der Waals surface area contributed by atoms with Crippen molar-refractivity contribution >= 4 is 28.6 Å². The van der Waals surface area contributed by atoms with Crippen LogP contribution >= 0.6 is 0 Å². The summed E-state index contributed by atoms with van der Waals surface area (Å²) >= 11 is 0. The topological polar surface area (TPSA) is 135 Å². The Morgan fingerprint density at radius 2 is 1.77 bits per heavy atom. The zero-order valence-corrected chi connectivity index (χ0v) is 22.7. The molecule has 0 bridgehead atoms. The molecule has 4 heterocycles. The van der Waals surface area contributed by atoms with Gasteiger partial charge in [-0.25, -0.2) is 4.98 Å². The van der Waals surface area contributed by atoms with Crippen molar-refractivity contribution in [2.75, 3.05) is 31.5 Å². The lowest BCUT2D eigenvalue weighted by atomic mass is 10.0. The van der Waals surface area contributed by atoms with Crippen molar-refractivity contribution < 1.29 is 27.2 Å². The minimum atomic E-state index is -5.02. The molecule has 220 valence electrons. The number of tetrazole rings is 1. The Kier molecular flexibility index (Phi) is 7.31. The fourth-order valence-corrected chi connectivity index (χ4v) is 4.92. The van der Waals surface area contributed by atoms with E-state index in [4.69, 9.17) is 4.42 Å². The summed E-state index contributed by atoms with van der Waals surface area (Å²) in [7, 11) is 1.71. The van der Waals surface area contributed by atoms with Crippen LogP contribution in [0.15, 0.2) is 71.3 Å². The first-order valence-corrected chi connectivity index (χ1v) is 13.2. The molecule has 0 saturated carbocycles. The van der Waals surface area contributed by atoms with Gasteiger partial charge in [0.05, 0.1) is 13.1 Å². The molecule has 0 spiro atoms. The normalized spacial score (nSPS) is 15.0. The Labute approximate surface area is 242 Å². The lowest BCUT2D eigenvalue weighted by Crippen LogP contribution is -2.50. The molecule has 1 fully saturated rings. The molecule has 5 aromatic rings. The third-order valence-electron chi connectivity index (χ3n) is 6.98. The van der Waals surface area contributed by atoms with Crippen LogP contribution < -0.4 is 5.32 Å². The quantitative estimate of drug-likeness (QED) is 0.315. The highest BCUT2D eigenvalue weighted by molar-refractivity contribution is 5.96. The highest BCUT2D eigenvalue weighted by atomic mass is 19.4. The van der Waals surface area contributed by atoms with Gasteiger partial charge < -0.3 is 14.6 Å². The molecule has 1 aliphatic rings. The Balaban J connectivity index is 1.16. The summed E-state index contributed by atoms with van der Waals surface area (Å²) in [6, 6.07) is 16.8.